The van der Waals surface area contributed by atoms with Gasteiger partial charge in [-0.1, -0.05) is 53.2 Å². The quantitative estimate of drug-likeness (QED) is 0.0225. The Balaban J connectivity index is 0.879. The molecule has 0 unspecified atom stereocenters. The third kappa shape index (κ3) is 13.3. The predicted octanol–water partition coefficient (Wildman–Crippen LogP) is -3.12. The van der Waals surface area contributed by atoms with E-state index in [-0.39, 0.29) is 23.7 Å². The average Bonchev–Trinajstić information content (AvgIpc) is 1.21. The van der Waals surface area contributed by atoms with Crippen LogP contribution in [0.2, 0.25) is 0 Å². The number of aliphatic hydroxyl groups excluding tert-OH is 14. The van der Waals surface area contributed by atoms with Crippen molar-refractivity contribution in [2.75, 3.05) is 26.9 Å². The maximum Gasteiger partial charge on any atom is 0.337 e. The van der Waals surface area contributed by atoms with Gasteiger partial charge in [-0.25, -0.2) is 4.79 Å². The fraction of sp³-hybridized carbons (Fsp3) is 0.910. The van der Waals surface area contributed by atoms with Crippen LogP contribution in [0.15, 0.2) is 11.6 Å². The lowest BCUT2D eigenvalue weighted by Crippen LogP contribution is -2.68. The molecule has 37 atom stereocenters. The van der Waals surface area contributed by atoms with Crippen LogP contribution in [-0.4, -0.2) is 301 Å². The minimum Gasteiger partial charge on any atom is -0.467 e. The highest BCUT2D eigenvalue weighted by Gasteiger charge is 2.71. The second-order valence-corrected chi connectivity index (χ2v) is 31.4. The number of rotatable bonds is 17. The molecule has 10 fully saturated rings. The number of hydrogen-bond acceptors (Lipinski definition) is 32. The predicted molar refractivity (Wildman–Crippen MR) is 328 cm³/mol. The number of ether oxygens (including phenoxy) is 14. The van der Waals surface area contributed by atoms with Gasteiger partial charge >= 0.3 is 17.9 Å². The Labute approximate surface area is 572 Å². The van der Waals surface area contributed by atoms with Crippen LogP contribution < -0.4 is 0 Å². The van der Waals surface area contributed by atoms with Gasteiger partial charge in [0.25, 0.3) is 0 Å². The van der Waals surface area contributed by atoms with Crippen molar-refractivity contribution in [3.8, 4) is 0 Å². The molecule has 11 rings (SSSR count). The van der Waals surface area contributed by atoms with Gasteiger partial charge in [-0.15, -0.1) is 0 Å². The van der Waals surface area contributed by atoms with E-state index in [0.29, 0.717) is 57.8 Å². The highest BCUT2D eigenvalue weighted by Crippen LogP contribution is 2.76. The van der Waals surface area contributed by atoms with Gasteiger partial charge in [-0.05, 0) is 117 Å². The summed E-state index contributed by atoms with van der Waals surface area (Å²) in [6.07, 6.45) is -40.7. The molecule has 564 valence electrons. The molecule has 11 aliphatic rings. The average molecular weight is 1420 g/mol. The molecule has 6 saturated heterocycles. The van der Waals surface area contributed by atoms with Crippen molar-refractivity contribution in [3.05, 3.63) is 11.6 Å². The smallest absolute Gasteiger partial charge is 0.337 e. The molecule has 0 aromatic rings. The number of methoxy groups -OCH3 is 1. The van der Waals surface area contributed by atoms with E-state index in [4.69, 9.17) is 66.3 Å². The first kappa shape index (κ1) is 76.9. The topological polar surface area (TPSA) is 481 Å². The van der Waals surface area contributed by atoms with Crippen LogP contribution in [0.25, 0.3) is 0 Å². The highest BCUT2D eigenvalue weighted by molar-refractivity contribution is 5.79. The lowest BCUT2D eigenvalue weighted by molar-refractivity contribution is -0.382. The Hall–Kier alpha value is -3.18. The van der Waals surface area contributed by atoms with Crippen LogP contribution >= 0.6 is 0 Å². The molecule has 32 heteroatoms. The number of allylic oxidation sites excluding steroid dienone is 2. The Bertz CT molecular complexity index is 2900. The third-order valence-corrected chi connectivity index (χ3v) is 25.2. The standard InChI is InChI=1S/C67H104O32/c1-26-48(94-55-44(80)37(73)31(72)24-87-55)43(79)47(83)56(88-26)98-53-52(97-57-45(81)39(75)33(23-69)92-57)49(90-28(3)71)27(2)89-60(53)99-61(85)67-19-17-62(4,5)21-30(67)29-11-12-35-63(6)15-14-36(64(7,25-70)34(63)13-16-66(35,9)65(29,8)18-20-67)93-59-51(42(78)41(77)50(95-59)54(84)86-10)96-58-46(82)40(76)38(74)32(22-68)91-58/h11,25-27,30-53,55-60,68-69,72-83H,12-24H2,1-10H3/t26-,27+,30+,31+,32-,33+,34+,35+,36-,37+,38+,39-,40+,41-,42-,43-,44+,45-,46+,47-,48-,49+,50+,51+,52-,53-,55-,56+,57+,58-,59-,60-,63-,64-,65+,66+,67+/m0/s1. The summed E-state index contributed by atoms with van der Waals surface area (Å²) in [5.74, 6) is -3.42. The van der Waals surface area contributed by atoms with Gasteiger partial charge in [0.15, 0.2) is 49.8 Å². The summed E-state index contributed by atoms with van der Waals surface area (Å²) >= 11 is 0. The summed E-state index contributed by atoms with van der Waals surface area (Å²) in [5.41, 5.74) is -3.29. The summed E-state index contributed by atoms with van der Waals surface area (Å²) < 4.78 is 84.5. The largest absolute Gasteiger partial charge is 0.467 e. The number of carbonyl (C=O) groups is 4. The van der Waals surface area contributed by atoms with Gasteiger partial charge < -0.3 is 143 Å². The molecule has 6 heterocycles. The van der Waals surface area contributed by atoms with Gasteiger partial charge in [-0.2, -0.15) is 0 Å². The molecule has 6 aliphatic heterocycles. The Morgan fingerprint density at radius 1 is 0.545 bits per heavy atom. The molecule has 0 aromatic heterocycles. The summed E-state index contributed by atoms with van der Waals surface area (Å²) in [6, 6.07) is 0. The number of esters is 3. The fourth-order valence-corrected chi connectivity index (χ4v) is 19.2. The van der Waals surface area contributed by atoms with E-state index in [0.717, 1.165) is 25.9 Å². The number of carbonyl (C=O) groups excluding carboxylic acids is 4. The second kappa shape index (κ2) is 28.9. The van der Waals surface area contributed by atoms with Crippen LogP contribution in [0.1, 0.15) is 127 Å². The number of hydrogen-bond donors (Lipinski definition) is 14. The van der Waals surface area contributed by atoms with E-state index in [1.54, 1.807) is 6.92 Å². The molecule has 0 radical (unpaired) electrons. The molecule has 0 bridgehead atoms. The SMILES string of the molecule is COC(=O)[C@@H]1O[C@H](O[C@H]2CC[C@]3(C)[C@H]4CC=C5[C@H]6CC(C)(C)CC[C@@]6(C(=O)O[C@@H]6O[C@H](C)[C@@H](OC(C)=O)[C@H](O[C@H]7O[C@H](CO)[C@H](O)[C@@H]7O)[C@@H]6O[C@H]6O[C@@H](C)[C@H](O[C@@H]7OC[C@@H](O)[C@@H](O)[C@H]7O)[C@@H](O)[C@@H]6O)CC[C@@]5(C)[C@]4(C)CC[C@H]3[C@]2(C)C=O)[C@H](O[C@@H]2O[C@@H](CO)[C@@H](O)[C@@H](O)[C@H]2O)[C@@H](O)[C@@H]1O. The minimum absolute atomic E-state index is 0.0644. The molecule has 32 nitrogen and oxygen atoms in total. The molecule has 0 aromatic carbocycles. The molecule has 4 saturated carbocycles. The van der Waals surface area contributed by atoms with E-state index in [2.05, 4.69) is 40.7 Å². The van der Waals surface area contributed by atoms with Crippen LogP contribution in [0.4, 0.5) is 0 Å². The van der Waals surface area contributed by atoms with Crippen LogP contribution in [0, 0.1) is 50.2 Å². The van der Waals surface area contributed by atoms with E-state index in [9.17, 15) is 85.9 Å². The van der Waals surface area contributed by atoms with Crippen molar-refractivity contribution in [2.45, 2.75) is 305 Å². The van der Waals surface area contributed by atoms with Crippen LogP contribution in [-0.2, 0) is 85.5 Å². The van der Waals surface area contributed by atoms with E-state index < -0.39 is 249 Å². The van der Waals surface area contributed by atoms with Crippen molar-refractivity contribution in [3.63, 3.8) is 0 Å². The zero-order valence-corrected chi connectivity index (χ0v) is 57.4. The highest BCUT2D eigenvalue weighted by atomic mass is 16.8. The molecule has 0 amide bonds. The van der Waals surface area contributed by atoms with E-state index in [1.165, 1.54) is 13.8 Å². The number of fused-ring (bicyclic) bond motifs is 7. The summed E-state index contributed by atoms with van der Waals surface area (Å²) in [5, 5.41) is 152. The first-order valence-corrected chi connectivity index (χ1v) is 34.7. The van der Waals surface area contributed by atoms with Gasteiger partial charge in [-0.3, -0.25) is 9.59 Å². The number of aliphatic hydroxyl groups is 14. The van der Waals surface area contributed by atoms with E-state index in [1.807, 2.05) is 0 Å². The van der Waals surface area contributed by atoms with Crippen molar-refractivity contribution >= 4 is 24.2 Å². The second-order valence-electron chi connectivity index (χ2n) is 31.4. The Morgan fingerprint density at radius 3 is 1.74 bits per heavy atom. The van der Waals surface area contributed by atoms with Crippen molar-refractivity contribution in [2.24, 2.45) is 50.2 Å². The van der Waals surface area contributed by atoms with Crippen molar-refractivity contribution in [1.82, 2.24) is 0 Å². The monoisotopic (exact) mass is 1420 g/mol. The molecule has 5 aliphatic carbocycles. The summed E-state index contributed by atoms with van der Waals surface area (Å²) in [4.78, 5) is 56.2. The maximum absolute atomic E-state index is 16.1. The minimum atomic E-state index is -2.02. The Morgan fingerprint density at radius 2 is 1.10 bits per heavy atom. The zero-order valence-electron chi connectivity index (χ0n) is 57.4. The first-order chi connectivity index (χ1) is 46.5. The van der Waals surface area contributed by atoms with Crippen LogP contribution in [0.3, 0.4) is 0 Å². The lowest BCUT2D eigenvalue weighted by Gasteiger charge is -2.71. The van der Waals surface area contributed by atoms with Gasteiger partial charge in [0.1, 0.15) is 110 Å². The maximum atomic E-state index is 16.1. The van der Waals surface area contributed by atoms with Gasteiger partial charge in [0.05, 0.1) is 56.1 Å². The van der Waals surface area contributed by atoms with E-state index >= 15 is 4.79 Å². The lowest BCUT2D eigenvalue weighted by atomic mass is 9.33. The van der Waals surface area contributed by atoms with Crippen LogP contribution in [0.5, 0.6) is 0 Å². The molecule has 99 heavy (non-hydrogen) atoms. The molecule has 14 N–H and O–H groups in total. The van der Waals surface area contributed by atoms with Gasteiger partial charge in [0.2, 0.25) is 6.29 Å². The van der Waals surface area contributed by atoms with Crippen molar-refractivity contribution in [1.29, 1.82) is 0 Å². The molecule has 0 spiro atoms. The Kier molecular flexibility index (Phi) is 22.5. The number of aldehydes is 1. The summed E-state index contributed by atoms with van der Waals surface area (Å²) in [7, 11) is 1.05. The fourth-order valence-electron chi connectivity index (χ4n) is 19.2. The third-order valence-electron chi connectivity index (χ3n) is 25.2. The first-order valence-electron chi connectivity index (χ1n) is 34.7. The van der Waals surface area contributed by atoms with Crippen molar-refractivity contribution < 1.29 is 157 Å². The zero-order chi connectivity index (χ0) is 72.3. The normalized spacial score (nSPS) is 52.7. The van der Waals surface area contributed by atoms with Gasteiger partial charge in [0, 0.05) is 6.92 Å². The summed E-state index contributed by atoms with van der Waals surface area (Å²) in [6.45, 7) is 14.9. The molecular formula is C67H104O32. The molecular weight excluding hydrogens is 1320 g/mol.